The minimum absolute atomic E-state index is 0.166. The van der Waals surface area contributed by atoms with E-state index in [1.54, 1.807) is 29.2 Å². The predicted molar refractivity (Wildman–Crippen MR) is 103 cm³/mol. The molecule has 0 spiro atoms. The van der Waals surface area contributed by atoms with Crippen molar-refractivity contribution in [1.82, 2.24) is 24.9 Å². The molecule has 3 aromatic rings. The molecule has 3 rings (SSSR count). The van der Waals surface area contributed by atoms with E-state index in [2.05, 4.69) is 15.5 Å². The van der Waals surface area contributed by atoms with Crippen LogP contribution in [-0.2, 0) is 19.8 Å². The minimum Gasteiger partial charge on any atom is -0.470 e. The third-order valence-electron chi connectivity index (χ3n) is 4.26. The number of amides is 1. The molecule has 1 aromatic carbocycles. The van der Waals surface area contributed by atoms with Crippen LogP contribution in [0.1, 0.15) is 34.2 Å². The fourth-order valence-electron chi connectivity index (χ4n) is 2.66. The molecule has 0 bridgehead atoms. The van der Waals surface area contributed by atoms with Gasteiger partial charge in [0.25, 0.3) is 5.91 Å². The molecule has 0 aliphatic carbocycles. The first-order valence-corrected chi connectivity index (χ1v) is 9.07. The smallest absolute Gasteiger partial charge is 0.272 e. The van der Waals surface area contributed by atoms with E-state index in [-0.39, 0.29) is 12.6 Å². The summed E-state index contributed by atoms with van der Waals surface area (Å²) in [5, 5.41) is 11.9. The Labute approximate surface area is 162 Å². The molecule has 0 unspecified atom stereocenters. The molecule has 142 valence electrons. The number of hydrogen-bond donors (Lipinski definition) is 1. The van der Waals surface area contributed by atoms with Crippen molar-refractivity contribution in [2.24, 2.45) is 0 Å². The Morgan fingerprint density at radius 1 is 1.30 bits per heavy atom. The summed E-state index contributed by atoms with van der Waals surface area (Å²) < 4.78 is 9.13. The van der Waals surface area contributed by atoms with Crippen LogP contribution in [0.25, 0.3) is 0 Å². The van der Waals surface area contributed by atoms with E-state index in [0.29, 0.717) is 23.0 Å². The van der Waals surface area contributed by atoms with Crippen molar-refractivity contribution in [3.8, 4) is 5.75 Å². The molecule has 1 amide bonds. The highest BCUT2D eigenvalue weighted by molar-refractivity contribution is 6.32. The summed E-state index contributed by atoms with van der Waals surface area (Å²) in [7, 11) is 0. The van der Waals surface area contributed by atoms with Crippen LogP contribution >= 0.6 is 11.6 Å². The summed E-state index contributed by atoms with van der Waals surface area (Å²) in [5.74, 6) is 0.340. The van der Waals surface area contributed by atoms with Gasteiger partial charge in [0.2, 0.25) is 0 Å². The highest BCUT2D eigenvalue weighted by Crippen LogP contribution is 2.25. The Hall–Kier alpha value is -2.80. The number of halogens is 1. The number of nitrogens with zero attached hydrogens (tertiary/aromatic N) is 4. The topological polar surface area (TPSA) is 74.0 Å². The van der Waals surface area contributed by atoms with Crippen LogP contribution < -0.4 is 10.1 Å². The van der Waals surface area contributed by atoms with Crippen molar-refractivity contribution < 1.29 is 9.53 Å². The maximum Gasteiger partial charge on any atom is 0.272 e. The second kappa shape index (κ2) is 8.26. The molecule has 0 atom stereocenters. The van der Waals surface area contributed by atoms with E-state index in [9.17, 15) is 4.79 Å². The van der Waals surface area contributed by atoms with Gasteiger partial charge in [-0.25, -0.2) is 4.68 Å². The van der Waals surface area contributed by atoms with Gasteiger partial charge in [-0.15, -0.1) is 0 Å². The predicted octanol–water partition coefficient (Wildman–Crippen LogP) is 3.34. The van der Waals surface area contributed by atoms with E-state index < -0.39 is 0 Å². The lowest BCUT2D eigenvalue weighted by molar-refractivity contribution is 0.0944. The second-order valence-electron chi connectivity index (χ2n) is 6.20. The van der Waals surface area contributed by atoms with Gasteiger partial charge in [-0.3, -0.25) is 9.48 Å². The monoisotopic (exact) mass is 387 g/mol. The molecule has 0 aliphatic rings. The molecule has 8 heteroatoms. The van der Waals surface area contributed by atoms with Crippen LogP contribution in [0.3, 0.4) is 0 Å². The number of ether oxygens (including phenoxy) is 1. The van der Waals surface area contributed by atoms with Crippen LogP contribution in [0.4, 0.5) is 0 Å². The summed E-state index contributed by atoms with van der Waals surface area (Å²) in [6, 6.07) is 7.21. The lowest BCUT2D eigenvalue weighted by atomic mass is 10.2. The number of rotatable bonds is 7. The van der Waals surface area contributed by atoms with Gasteiger partial charge >= 0.3 is 0 Å². The first kappa shape index (κ1) is 19.0. The maximum atomic E-state index is 12.3. The van der Waals surface area contributed by atoms with Crippen LogP contribution in [0, 0.1) is 13.8 Å². The zero-order valence-electron chi connectivity index (χ0n) is 15.6. The first-order chi connectivity index (χ1) is 13.0. The zero-order chi connectivity index (χ0) is 19.4. The average molecular weight is 388 g/mol. The van der Waals surface area contributed by atoms with Crippen molar-refractivity contribution in [1.29, 1.82) is 0 Å². The van der Waals surface area contributed by atoms with Crippen molar-refractivity contribution in [3.05, 3.63) is 64.2 Å². The van der Waals surface area contributed by atoms with Crippen molar-refractivity contribution >= 4 is 17.5 Å². The van der Waals surface area contributed by atoms with Crippen LogP contribution in [0.5, 0.6) is 5.75 Å². The molecule has 0 saturated carbocycles. The van der Waals surface area contributed by atoms with E-state index in [0.717, 1.165) is 23.4 Å². The number of carbonyl (C=O) groups excluding carboxylic acids is 1. The Bertz CT molecular complexity index is 947. The molecule has 7 nitrogen and oxygen atoms in total. The largest absolute Gasteiger partial charge is 0.470 e. The number of nitrogens with one attached hydrogen (secondary N) is 1. The highest BCUT2D eigenvalue weighted by Gasteiger charge is 2.12. The lowest BCUT2D eigenvalue weighted by Crippen LogP contribution is -2.24. The van der Waals surface area contributed by atoms with E-state index in [1.165, 1.54) is 0 Å². The zero-order valence-corrected chi connectivity index (χ0v) is 16.3. The van der Waals surface area contributed by atoms with Crippen LogP contribution in [-0.4, -0.2) is 25.5 Å². The fourth-order valence-corrected chi connectivity index (χ4v) is 2.83. The quantitative estimate of drug-likeness (QED) is 0.674. The van der Waals surface area contributed by atoms with Gasteiger partial charge in [-0.05, 0) is 44.5 Å². The first-order valence-electron chi connectivity index (χ1n) is 8.69. The van der Waals surface area contributed by atoms with Gasteiger partial charge in [-0.1, -0.05) is 17.7 Å². The molecular weight excluding hydrogens is 366 g/mol. The van der Waals surface area contributed by atoms with Crippen LogP contribution in [0.2, 0.25) is 5.02 Å². The van der Waals surface area contributed by atoms with Gasteiger partial charge < -0.3 is 10.1 Å². The van der Waals surface area contributed by atoms with E-state index >= 15 is 0 Å². The van der Waals surface area contributed by atoms with Gasteiger partial charge in [0.05, 0.1) is 11.2 Å². The van der Waals surface area contributed by atoms with E-state index in [1.807, 2.05) is 37.6 Å². The summed E-state index contributed by atoms with van der Waals surface area (Å²) in [4.78, 5) is 12.3. The van der Waals surface area contributed by atoms with Crippen molar-refractivity contribution in [2.75, 3.05) is 0 Å². The number of aromatic nitrogens is 4. The highest BCUT2D eigenvalue weighted by atomic mass is 35.5. The fraction of sp³-hybridized carbons (Fsp3) is 0.316. The summed E-state index contributed by atoms with van der Waals surface area (Å²) in [6.45, 7) is 7.36. The molecule has 0 aliphatic heterocycles. The van der Waals surface area contributed by atoms with Gasteiger partial charge in [0.1, 0.15) is 11.4 Å². The summed E-state index contributed by atoms with van der Waals surface area (Å²) in [5.41, 5.74) is 3.42. The van der Waals surface area contributed by atoms with Crippen LogP contribution in [0.15, 0.2) is 36.7 Å². The number of carbonyl (C=O) groups is 1. The molecule has 2 aromatic heterocycles. The normalized spacial score (nSPS) is 10.8. The molecule has 0 saturated heterocycles. The Balaban J connectivity index is 1.57. The van der Waals surface area contributed by atoms with Crippen molar-refractivity contribution in [2.45, 2.75) is 40.6 Å². The summed E-state index contributed by atoms with van der Waals surface area (Å²) >= 11 is 6.12. The minimum atomic E-state index is -0.244. The third-order valence-corrected chi connectivity index (χ3v) is 4.57. The second-order valence-corrected chi connectivity index (χ2v) is 6.61. The summed E-state index contributed by atoms with van der Waals surface area (Å²) in [6.07, 6.45) is 3.47. The molecule has 1 N–H and O–H groups in total. The van der Waals surface area contributed by atoms with Gasteiger partial charge in [-0.2, -0.15) is 10.2 Å². The molecular formula is C19H22ClN5O2. The lowest BCUT2D eigenvalue weighted by Gasteiger charge is -2.08. The van der Waals surface area contributed by atoms with E-state index in [4.69, 9.17) is 16.3 Å². The van der Waals surface area contributed by atoms with Gasteiger partial charge in [0, 0.05) is 30.5 Å². The third kappa shape index (κ3) is 4.49. The van der Waals surface area contributed by atoms with Crippen molar-refractivity contribution in [3.63, 3.8) is 0 Å². The number of hydrogen-bond acceptors (Lipinski definition) is 4. The standard InChI is InChI=1S/C19H22ClN5O2/c1-4-25-14(3)15(11-22-25)10-21-19(26)17-7-8-24(23-17)12-27-18-9-13(2)5-6-16(18)20/h5-9,11H,4,10,12H2,1-3H3,(H,21,26). The number of benzene rings is 1. The SMILES string of the molecule is CCn1ncc(CNC(=O)c2ccn(COc3cc(C)ccc3Cl)n2)c1C. The maximum absolute atomic E-state index is 12.3. The molecule has 0 fully saturated rings. The average Bonchev–Trinajstić information content (AvgIpc) is 3.27. The molecule has 2 heterocycles. The molecule has 0 radical (unpaired) electrons. The Morgan fingerprint density at radius 2 is 2.11 bits per heavy atom. The molecule has 27 heavy (non-hydrogen) atoms. The van der Waals surface area contributed by atoms with Gasteiger partial charge in [0.15, 0.2) is 6.73 Å². The number of aryl methyl sites for hydroxylation is 2. The Kier molecular flexibility index (Phi) is 5.81. The Morgan fingerprint density at radius 3 is 2.85 bits per heavy atom.